The predicted molar refractivity (Wildman–Crippen MR) is 72.8 cm³/mol. The van der Waals surface area contributed by atoms with Crippen LogP contribution in [-0.4, -0.2) is 27.8 Å². The highest BCUT2D eigenvalue weighted by molar-refractivity contribution is 7.98. The minimum atomic E-state index is -0.424. The summed E-state index contributed by atoms with van der Waals surface area (Å²) >= 11 is 1.48. The van der Waals surface area contributed by atoms with E-state index in [9.17, 15) is 4.79 Å². The van der Waals surface area contributed by atoms with E-state index >= 15 is 0 Å². The first-order chi connectivity index (χ1) is 9.13. The summed E-state index contributed by atoms with van der Waals surface area (Å²) in [6, 6.07) is 5.35. The van der Waals surface area contributed by atoms with E-state index in [1.807, 2.05) is 19.2 Å². The van der Waals surface area contributed by atoms with E-state index in [2.05, 4.69) is 10.1 Å². The van der Waals surface area contributed by atoms with Crippen LogP contribution in [0, 0.1) is 0 Å². The number of hydrogen-bond acceptors (Lipinski definition) is 6. The first-order valence-corrected chi connectivity index (χ1v) is 6.54. The summed E-state index contributed by atoms with van der Waals surface area (Å²) in [6.07, 6.45) is 1.49. The third kappa shape index (κ3) is 2.87. The number of rotatable bonds is 4. The molecule has 0 atom stereocenters. The van der Waals surface area contributed by atoms with Gasteiger partial charge in [0.2, 0.25) is 0 Å². The van der Waals surface area contributed by atoms with Crippen molar-refractivity contribution in [3.05, 3.63) is 35.7 Å². The van der Waals surface area contributed by atoms with Gasteiger partial charge in [-0.15, -0.1) is 0 Å². The van der Waals surface area contributed by atoms with Crippen LogP contribution in [0.4, 0.5) is 5.69 Å². The molecule has 100 valence electrons. The van der Waals surface area contributed by atoms with Gasteiger partial charge in [0, 0.05) is 18.5 Å². The molecule has 19 heavy (non-hydrogen) atoms. The number of carbonyl (C=O) groups is 1. The second kappa shape index (κ2) is 5.75. The van der Waals surface area contributed by atoms with Crippen LogP contribution in [0.15, 0.2) is 29.7 Å². The molecule has 0 aliphatic carbocycles. The van der Waals surface area contributed by atoms with Crippen LogP contribution in [0.25, 0.3) is 0 Å². The van der Waals surface area contributed by atoms with E-state index in [-0.39, 0.29) is 0 Å². The van der Waals surface area contributed by atoms with Crippen LogP contribution in [-0.2, 0) is 17.5 Å². The summed E-state index contributed by atoms with van der Waals surface area (Å²) in [5, 5.41) is 4.76. The fourth-order valence-corrected chi connectivity index (χ4v) is 2.53. The summed E-state index contributed by atoms with van der Waals surface area (Å²) in [5.74, 6) is 0.147. The standard InChI is InChI=1S/C12H14N4O2S/c1-16-12(14-7-15-16)19-6-8-4-3-5-9(13)10(8)11(17)18-2/h3-5,7H,6,13H2,1-2H3. The van der Waals surface area contributed by atoms with Gasteiger partial charge in [-0.2, -0.15) is 5.10 Å². The smallest absolute Gasteiger partial charge is 0.340 e. The van der Waals surface area contributed by atoms with E-state index < -0.39 is 5.97 Å². The number of hydrogen-bond donors (Lipinski definition) is 1. The molecular weight excluding hydrogens is 264 g/mol. The van der Waals surface area contributed by atoms with Crippen LogP contribution in [0.3, 0.4) is 0 Å². The number of nitrogens with zero attached hydrogens (tertiary/aromatic N) is 3. The second-order valence-electron chi connectivity index (χ2n) is 3.83. The van der Waals surface area contributed by atoms with E-state index in [0.29, 0.717) is 17.0 Å². The van der Waals surface area contributed by atoms with Gasteiger partial charge in [0.15, 0.2) is 5.16 Å². The van der Waals surface area contributed by atoms with Gasteiger partial charge in [-0.25, -0.2) is 14.5 Å². The predicted octanol–water partition coefficient (Wildman–Crippen LogP) is 1.48. The van der Waals surface area contributed by atoms with E-state index in [0.717, 1.165) is 10.7 Å². The Hall–Kier alpha value is -2.02. The van der Waals surface area contributed by atoms with Gasteiger partial charge in [-0.1, -0.05) is 23.9 Å². The Morgan fingerprint density at radius 1 is 1.53 bits per heavy atom. The van der Waals surface area contributed by atoms with E-state index in [1.54, 1.807) is 10.7 Å². The van der Waals surface area contributed by atoms with Crippen molar-refractivity contribution in [2.75, 3.05) is 12.8 Å². The van der Waals surface area contributed by atoms with Gasteiger partial charge in [0.05, 0.1) is 12.7 Å². The fraction of sp³-hybridized carbons (Fsp3) is 0.250. The quantitative estimate of drug-likeness (QED) is 0.518. The van der Waals surface area contributed by atoms with E-state index in [1.165, 1.54) is 25.2 Å². The highest BCUT2D eigenvalue weighted by Crippen LogP contribution is 2.25. The second-order valence-corrected chi connectivity index (χ2v) is 4.77. The van der Waals surface area contributed by atoms with Crippen LogP contribution in [0.1, 0.15) is 15.9 Å². The molecule has 0 radical (unpaired) electrons. The Morgan fingerprint density at radius 2 is 2.32 bits per heavy atom. The molecule has 0 spiro atoms. The number of thioether (sulfide) groups is 1. The average Bonchev–Trinajstić information content (AvgIpc) is 2.81. The number of ether oxygens (including phenoxy) is 1. The Kier molecular flexibility index (Phi) is 4.06. The summed E-state index contributed by atoms with van der Waals surface area (Å²) in [4.78, 5) is 15.9. The maximum absolute atomic E-state index is 11.7. The zero-order valence-corrected chi connectivity index (χ0v) is 11.5. The largest absolute Gasteiger partial charge is 0.465 e. The molecule has 2 rings (SSSR count). The number of nitrogen functional groups attached to an aromatic ring is 1. The number of aromatic nitrogens is 3. The molecule has 6 nitrogen and oxygen atoms in total. The average molecular weight is 278 g/mol. The molecule has 7 heteroatoms. The van der Waals surface area contributed by atoms with Crippen LogP contribution < -0.4 is 5.73 Å². The maximum Gasteiger partial charge on any atom is 0.340 e. The monoisotopic (exact) mass is 278 g/mol. The Labute approximate surface area is 115 Å². The third-order valence-electron chi connectivity index (χ3n) is 2.60. The topological polar surface area (TPSA) is 83.0 Å². The lowest BCUT2D eigenvalue weighted by atomic mass is 10.1. The minimum absolute atomic E-state index is 0.416. The summed E-state index contributed by atoms with van der Waals surface area (Å²) in [5.41, 5.74) is 7.49. The lowest BCUT2D eigenvalue weighted by molar-refractivity contribution is 0.0601. The highest BCUT2D eigenvalue weighted by Gasteiger charge is 2.16. The fourth-order valence-electron chi connectivity index (χ4n) is 1.65. The molecule has 0 unspecified atom stereocenters. The SMILES string of the molecule is COC(=O)c1c(N)cccc1CSc1ncnn1C. The number of benzene rings is 1. The van der Waals surface area contributed by atoms with Gasteiger partial charge >= 0.3 is 5.97 Å². The van der Waals surface area contributed by atoms with Gasteiger partial charge in [-0.05, 0) is 11.6 Å². The molecule has 2 N–H and O–H groups in total. The number of esters is 1. The van der Waals surface area contributed by atoms with Crippen LogP contribution >= 0.6 is 11.8 Å². The van der Waals surface area contributed by atoms with Gasteiger partial charge < -0.3 is 10.5 Å². The van der Waals surface area contributed by atoms with Gasteiger partial charge in [0.25, 0.3) is 0 Å². The molecule has 0 amide bonds. The number of aryl methyl sites for hydroxylation is 1. The molecule has 0 saturated carbocycles. The Morgan fingerprint density at radius 3 is 2.95 bits per heavy atom. The molecule has 1 aromatic heterocycles. The molecule has 0 bridgehead atoms. The summed E-state index contributed by atoms with van der Waals surface area (Å²) < 4.78 is 6.43. The third-order valence-corrected chi connectivity index (χ3v) is 3.68. The zero-order valence-electron chi connectivity index (χ0n) is 10.7. The number of carbonyl (C=O) groups excluding carboxylic acids is 1. The first kappa shape index (κ1) is 13.4. The molecule has 2 aromatic rings. The Balaban J connectivity index is 2.23. The molecule has 0 aliphatic rings. The van der Waals surface area contributed by atoms with Crippen molar-refractivity contribution in [3.63, 3.8) is 0 Å². The minimum Gasteiger partial charge on any atom is -0.465 e. The lowest BCUT2D eigenvalue weighted by Gasteiger charge is -2.09. The number of nitrogens with two attached hydrogens (primary N) is 1. The summed E-state index contributed by atoms with van der Waals surface area (Å²) in [6.45, 7) is 0. The van der Waals surface area contributed by atoms with Crippen molar-refractivity contribution >= 4 is 23.4 Å². The first-order valence-electron chi connectivity index (χ1n) is 5.56. The normalized spacial score (nSPS) is 10.4. The highest BCUT2D eigenvalue weighted by atomic mass is 32.2. The molecule has 1 aromatic carbocycles. The summed E-state index contributed by atoms with van der Waals surface area (Å²) in [7, 11) is 3.16. The molecule has 0 aliphatic heterocycles. The van der Waals surface area contributed by atoms with Crippen molar-refractivity contribution in [1.82, 2.24) is 14.8 Å². The molecule has 0 saturated heterocycles. The van der Waals surface area contributed by atoms with Gasteiger partial charge in [0.1, 0.15) is 6.33 Å². The maximum atomic E-state index is 11.7. The molecular formula is C12H14N4O2S. The van der Waals surface area contributed by atoms with Crippen molar-refractivity contribution in [1.29, 1.82) is 0 Å². The van der Waals surface area contributed by atoms with Crippen molar-refractivity contribution in [2.24, 2.45) is 7.05 Å². The van der Waals surface area contributed by atoms with Crippen LogP contribution in [0.5, 0.6) is 0 Å². The van der Waals surface area contributed by atoms with Crippen molar-refractivity contribution in [3.8, 4) is 0 Å². The molecule has 1 heterocycles. The lowest BCUT2D eigenvalue weighted by Crippen LogP contribution is -2.09. The molecule has 0 fully saturated rings. The van der Waals surface area contributed by atoms with Crippen LogP contribution in [0.2, 0.25) is 0 Å². The van der Waals surface area contributed by atoms with E-state index in [4.69, 9.17) is 10.5 Å². The zero-order chi connectivity index (χ0) is 13.8. The number of methoxy groups -OCH3 is 1. The Bertz CT molecular complexity index is 597. The van der Waals surface area contributed by atoms with Gasteiger partial charge in [-0.3, -0.25) is 0 Å². The number of anilines is 1. The van der Waals surface area contributed by atoms with Crippen molar-refractivity contribution < 1.29 is 9.53 Å². The van der Waals surface area contributed by atoms with Crippen molar-refractivity contribution in [2.45, 2.75) is 10.9 Å².